The molecule has 1 heterocycles. The Morgan fingerprint density at radius 1 is 1.35 bits per heavy atom. The van der Waals surface area contributed by atoms with E-state index in [1.165, 1.54) is 0 Å². The summed E-state index contributed by atoms with van der Waals surface area (Å²) in [7, 11) is 0. The van der Waals surface area contributed by atoms with Crippen molar-refractivity contribution in [3.8, 4) is 0 Å². The normalized spacial score (nSPS) is 14.9. The van der Waals surface area contributed by atoms with Crippen molar-refractivity contribution < 1.29 is 4.79 Å². The predicted octanol–water partition coefficient (Wildman–Crippen LogP) is 3.26. The number of nitrogens with zero attached hydrogens (tertiary/aromatic N) is 2. The molecular formula is C14H24N2O. The zero-order valence-corrected chi connectivity index (χ0v) is 11.6. The van der Waals surface area contributed by atoms with Crippen molar-refractivity contribution in [3.05, 3.63) is 18.0 Å². The fourth-order valence-electron chi connectivity index (χ4n) is 1.62. The molecule has 0 saturated carbocycles. The van der Waals surface area contributed by atoms with Gasteiger partial charge in [0.1, 0.15) is 5.78 Å². The fourth-order valence-corrected chi connectivity index (χ4v) is 1.62. The van der Waals surface area contributed by atoms with E-state index in [1.807, 2.05) is 23.9 Å². The van der Waals surface area contributed by atoms with Crippen LogP contribution in [0.2, 0.25) is 0 Å². The van der Waals surface area contributed by atoms with Crippen LogP contribution in [-0.4, -0.2) is 15.6 Å². The van der Waals surface area contributed by atoms with Crippen molar-refractivity contribution in [2.45, 2.75) is 53.5 Å². The third-order valence-electron chi connectivity index (χ3n) is 3.57. The van der Waals surface area contributed by atoms with Crippen molar-refractivity contribution >= 4 is 5.78 Å². The molecule has 0 radical (unpaired) electrons. The molecule has 1 aromatic rings. The van der Waals surface area contributed by atoms with Crippen LogP contribution in [0.3, 0.4) is 0 Å². The van der Waals surface area contributed by atoms with Crippen LogP contribution in [-0.2, 0) is 11.2 Å². The number of carbonyl (C=O) groups is 1. The van der Waals surface area contributed by atoms with E-state index >= 15 is 0 Å². The maximum Gasteiger partial charge on any atom is 0.141 e. The molecule has 0 aliphatic rings. The second kappa shape index (κ2) is 5.99. The number of carbonyl (C=O) groups excluding carboxylic acids is 1. The minimum absolute atomic E-state index is 0.115. The Bertz CT molecular complexity index is 368. The lowest BCUT2D eigenvalue weighted by Crippen LogP contribution is -2.19. The quantitative estimate of drug-likeness (QED) is 0.760. The molecule has 0 aromatic carbocycles. The molecule has 0 aliphatic heterocycles. The third-order valence-corrected chi connectivity index (χ3v) is 3.57. The Labute approximate surface area is 104 Å². The van der Waals surface area contributed by atoms with Crippen molar-refractivity contribution in [2.75, 3.05) is 0 Å². The van der Waals surface area contributed by atoms with E-state index in [0.29, 0.717) is 18.4 Å². The topological polar surface area (TPSA) is 34.9 Å². The van der Waals surface area contributed by atoms with E-state index in [4.69, 9.17) is 0 Å². The van der Waals surface area contributed by atoms with Crippen LogP contribution in [0.4, 0.5) is 0 Å². The van der Waals surface area contributed by atoms with Crippen molar-refractivity contribution in [1.82, 2.24) is 9.78 Å². The molecule has 0 spiro atoms. The molecule has 1 rings (SSSR count). The van der Waals surface area contributed by atoms with Gasteiger partial charge in [0, 0.05) is 18.2 Å². The zero-order valence-electron chi connectivity index (χ0n) is 11.6. The number of ketones is 1. The van der Waals surface area contributed by atoms with Gasteiger partial charge in [-0.05, 0) is 25.3 Å². The molecule has 0 bridgehead atoms. The highest BCUT2D eigenvalue weighted by Crippen LogP contribution is 2.14. The summed E-state index contributed by atoms with van der Waals surface area (Å²) in [4.78, 5) is 12.0. The summed E-state index contributed by atoms with van der Waals surface area (Å²) in [5.41, 5.74) is 0.891. The molecule has 1 aromatic heterocycles. The van der Waals surface area contributed by atoms with E-state index in [1.54, 1.807) is 0 Å². The van der Waals surface area contributed by atoms with Crippen LogP contribution in [0.15, 0.2) is 12.3 Å². The Morgan fingerprint density at radius 2 is 2.00 bits per heavy atom. The van der Waals surface area contributed by atoms with Crippen LogP contribution in [0, 0.1) is 11.8 Å². The summed E-state index contributed by atoms with van der Waals surface area (Å²) < 4.78 is 1.95. The maximum absolute atomic E-state index is 12.0. The lowest BCUT2D eigenvalue weighted by atomic mass is 9.91. The second-order valence-electron chi connectivity index (χ2n) is 5.22. The number of rotatable bonds is 6. The van der Waals surface area contributed by atoms with Gasteiger partial charge in [0.05, 0.1) is 12.1 Å². The minimum Gasteiger partial charge on any atom is -0.299 e. The van der Waals surface area contributed by atoms with Gasteiger partial charge in [-0.15, -0.1) is 0 Å². The largest absolute Gasteiger partial charge is 0.299 e. The smallest absolute Gasteiger partial charge is 0.141 e. The molecule has 3 nitrogen and oxygen atoms in total. The highest BCUT2D eigenvalue weighted by atomic mass is 16.1. The Kier molecular flexibility index (Phi) is 4.91. The zero-order chi connectivity index (χ0) is 13.0. The van der Waals surface area contributed by atoms with Gasteiger partial charge in [-0.3, -0.25) is 9.48 Å². The molecule has 0 aliphatic carbocycles. The summed E-state index contributed by atoms with van der Waals surface area (Å²) in [5.74, 6) is 0.803. The molecular weight excluding hydrogens is 212 g/mol. The van der Waals surface area contributed by atoms with Crippen molar-refractivity contribution in [3.63, 3.8) is 0 Å². The molecule has 2 unspecified atom stereocenters. The molecule has 3 heteroatoms. The molecule has 96 valence electrons. The number of Topliss-reactive ketones (excluding diaryl/α,β-unsaturated/α-hetero) is 1. The van der Waals surface area contributed by atoms with Gasteiger partial charge in [-0.25, -0.2) is 0 Å². The first-order chi connectivity index (χ1) is 7.95. The summed E-state index contributed by atoms with van der Waals surface area (Å²) in [5, 5.41) is 4.46. The van der Waals surface area contributed by atoms with Gasteiger partial charge in [-0.2, -0.15) is 5.10 Å². The number of aromatic nitrogens is 2. The molecule has 0 fully saturated rings. The van der Waals surface area contributed by atoms with Crippen LogP contribution < -0.4 is 0 Å². The summed E-state index contributed by atoms with van der Waals surface area (Å²) in [6, 6.07) is 2.36. The Balaban J connectivity index is 2.63. The number of hydrogen-bond acceptors (Lipinski definition) is 2. The maximum atomic E-state index is 12.0. The SMILES string of the molecule is CCC(C)n1ccc(CC(=O)C(C)C(C)C)n1. The predicted molar refractivity (Wildman–Crippen MR) is 69.9 cm³/mol. The lowest BCUT2D eigenvalue weighted by Gasteiger charge is -2.13. The van der Waals surface area contributed by atoms with Crippen LogP contribution in [0.25, 0.3) is 0 Å². The van der Waals surface area contributed by atoms with Gasteiger partial charge in [0.2, 0.25) is 0 Å². The van der Waals surface area contributed by atoms with Gasteiger partial charge in [-0.1, -0.05) is 27.7 Å². The average Bonchev–Trinajstić information content (AvgIpc) is 2.75. The summed E-state index contributed by atoms with van der Waals surface area (Å²) in [6.45, 7) is 10.4. The molecule has 0 amide bonds. The van der Waals surface area contributed by atoms with Gasteiger partial charge in [0.15, 0.2) is 0 Å². The van der Waals surface area contributed by atoms with Crippen molar-refractivity contribution in [1.29, 1.82) is 0 Å². The first kappa shape index (κ1) is 13.9. The van der Waals surface area contributed by atoms with E-state index in [9.17, 15) is 4.79 Å². The van der Waals surface area contributed by atoms with Gasteiger partial charge in [0.25, 0.3) is 0 Å². The highest BCUT2D eigenvalue weighted by molar-refractivity contribution is 5.82. The Hall–Kier alpha value is -1.12. The van der Waals surface area contributed by atoms with Gasteiger partial charge < -0.3 is 0 Å². The second-order valence-corrected chi connectivity index (χ2v) is 5.22. The van der Waals surface area contributed by atoms with Crippen LogP contribution in [0.5, 0.6) is 0 Å². The number of hydrogen-bond donors (Lipinski definition) is 0. The van der Waals surface area contributed by atoms with E-state index in [0.717, 1.165) is 12.1 Å². The van der Waals surface area contributed by atoms with E-state index < -0.39 is 0 Å². The molecule has 0 saturated heterocycles. The fraction of sp³-hybridized carbons (Fsp3) is 0.714. The first-order valence-corrected chi connectivity index (χ1v) is 6.52. The van der Waals surface area contributed by atoms with E-state index in [-0.39, 0.29) is 11.7 Å². The summed E-state index contributed by atoms with van der Waals surface area (Å²) >= 11 is 0. The van der Waals surface area contributed by atoms with Crippen LogP contribution in [0.1, 0.15) is 52.8 Å². The minimum atomic E-state index is 0.115. The third kappa shape index (κ3) is 3.69. The average molecular weight is 236 g/mol. The van der Waals surface area contributed by atoms with Gasteiger partial charge >= 0.3 is 0 Å². The summed E-state index contributed by atoms with van der Waals surface area (Å²) in [6.07, 6.45) is 3.48. The Morgan fingerprint density at radius 3 is 2.53 bits per heavy atom. The first-order valence-electron chi connectivity index (χ1n) is 6.52. The van der Waals surface area contributed by atoms with Crippen molar-refractivity contribution in [2.24, 2.45) is 11.8 Å². The highest BCUT2D eigenvalue weighted by Gasteiger charge is 2.18. The molecule has 2 atom stereocenters. The molecule has 0 N–H and O–H groups in total. The van der Waals surface area contributed by atoms with Crippen LogP contribution >= 0.6 is 0 Å². The molecule has 17 heavy (non-hydrogen) atoms. The lowest BCUT2D eigenvalue weighted by molar-refractivity contribution is -0.122. The standard InChI is InChI=1S/C14H24N2O/c1-6-11(4)16-8-7-13(15-16)9-14(17)12(5)10(2)3/h7-8,10-12H,6,9H2,1-5H3. The monoisotopic (exact) mass is 236 g/mol. The van der Waals surface area contributed by atoms with E-state index in [2.05, 4.69) is 32.8 Å².